The minimum atomic E-state index is -4.08. The van der Waals surface area contributed by atoms with Gasteiger partial charge in [0.05, 0.1) is 23.8 Å². The maximum atomic E-state index is 13.5. The molecule has 1 fully saturated rings. The number of rotatable bonds is 14. The molecule has 13 heteroatoms. The number of benzene rings is 3. The Morgan fingerprint density at radius 3 is 2.39 bits per heavy atom. The van der Waals surface area contributed by atoms with Crippen molar-refractivity contribution >= 4 is 39.6 Å². The minimum absolute atomic E-state index is 0.0264. The third kappa shape index (κ3) is 10.0. The van der Waals surface area contributed by atoms with E-state index in [4.69, 9.17) is 9.47 Å². The molecule has 0 spiro atoms. The summed E-state index contributed by atoms with van der Waals surface area (Å²) in [4.78, 5) is 36.1. The number of carbonyl (C=O) groups is 3. The highest BCUT2D eigenvalue weighted by Gasteiger charge is 2.27. The lowest BCUT2D eigenvalue weighted by atomic mass is 10.2. The second kappa shape index (κ2) is 15.8. The van der Waals surface area contributed by atoms with Crippen LogP contribution >= 0.6 is 0 Å². The van der Waals surface area contributed by atoms with Gasteiger partial charge >= 0.3 is 0 Å². The van der Waals surface area contributed by atoms with Gasteiger partial charge in [0, 0.05) is 32.3 Å². The summed E-state index contributed by atoms with van der Waals surface area (Å²) in [6.07, 6.45) is 3.41. The molecule has 3 amide bonds. The molecule has 1 aliphatic heterocycles. The van der Waals surface area contributed by atoms with Gasteiger partial charge in [-0.2, -0.15) is 9.41 Å². The number of hydrazone groups is 1. The van der Waals surface area contributed by atoms with E-state index in [-0.39, 0.29) is 36.0 Å². The average molecular weight is 622 g/mol. The standard InChI is InChI=1S/C31H35N5O7S/c1-23(37)34-26-11-15-29(16-12-26)44(40,41)36(20-25-6-3-2-4-7-25)21-30(38)35-33-18-24-9-13-27(14-10-24)43-22-31(39)32-19-28-8-5-17-42-28/h2-4,6-7,9-16,18,28H,5,8,17,19-22H2,1H3,(H,32,39)(H,34,37)(H,35,38)/b33-18+/t28-/m0/s1. The zero-order valence-corrected chi connectivity index (χ0v) is 25.1. The topological polar surface area (TPSA) is 156 Å². The molecule has 1 atom stereocenters. The highest BCUT2D eigenvalue weighted by molar-refractivity contribution is 7.89. The fourth-order valence-corrected chi connectivity index (χ4v) is 5.72. The molecule has 4 rings (SSSR count). The van der Waals surface area contributed by atoms with Crippen molar-refractivity contribution in [2.24, 2.45) is 5.10 Å². The lowest BCUT2D eigenvalue weighted by Gasteiger charge is -2.21. The summed E-state index contributed by atoms with van der Waals surface area (Å²) in [5.41, 5.74) is 4.17. The molecule has 0 bridgehead atoms. The van der Waals surface area contributed by atoms with Crippen LogP contribution in [0, 0.1) is 0 Å². The van der Waals surface area contributed by atoms with Crippen molar-refractivity contribution in [1.82, 2.24) is 15.0 Å². The molecule has 3 aromatic rings. The van der Waals surface area contributed by atoms with Gasteiger partial charge in [-0.15, -0.1) is 0 Å². The number of sulfonamides is 1. The van der Waals surface area contributed by atoms with E-state index >= 15 is 0 Å². The number of nitrogens with one attached hydrogen (secondary N) is 3. The van der Waals surface area contributed by atoms with Crippen LogP contribution in [0.15, 0.2) is 88.9 Å². The predicted molar refractivity (Wildman–Crippen MR) is 164 cm³/mol. The molecule has 3 aromatic carbocycles. The van der Waals surface area contributed by atoms with Gasteiger partial charge in [0.1, 0.15) is 5.75 Å². The molecular weight excluding hydrogens is 586 g/mol. The van der Waals surface area contributed by atoms with Crippen LogP contribution in [0.5, 0.6) is 5.75 Å². The molecule has 0 aromatic heterocycles. The minimum Gasteiger partial charge on any atom is -0.484 e. The van der Waals surface area contributed by atoms with Crippen molar-refractivity contribution in [2.75, 3.05) is 31.6 Å². The van der Waals surface area contributed by atoms with Gasteiger partial charge in [-0.25, -0.2) is 13.8 Å². The SMILES string of the molecule is CC(=O)Nc1ccc(S(=O)(=O)N(CC(=O)N/N=C/c2ccc(OCC(=O)NC[C@@H]3CCCO3)cc2)Cc2ccccc2)cc1. The number of hydrogen-bond donors (Lipinski definition) is 3. The highest BCUT2D eigenvalue weighted by Crippen LogP contribution is 2.21. The van der Waals surface area contributed by atoms with Crippen molar-refractivity contribution in [1.29, 1.82) is 0 Å². The van der Waals surface area contributed by atoms with E-state index in [9.17, 15) is 22.8 Å². The second-order valence-electron chi connectivity index (χ2n) is 10.1. The third-order valence-corrected chi connectivity index (χ3v) is 8.34. The smallest absolute Gasteiger partial charge is 0.258 e. The fraction of sp³-hybridized carbons (Fsp3) is 0.290. The number of nitrogens with zero attached hydrogens (tertiary/aromatic N) is 2. The largest absolute Gasteiger partial charge is 0.484 e. The Balaban J connectivity index is 1.32. The summed E-state index contributed by atoms with van der Waals surface area (Å²) in [5.74, 6) is -0.660. The molecule has 1 aliphatic rings. The Kier molecular flexibility index (Phi) is 11.6. The molecule has 12 nitrogen and oxygen atoms in total. The van der Waals surface area contributed by atoms with Crippen LogP contribution < -0.4 is 20.8 Å². The number of ether oxygens (including phenoxy) is 2. The van der Waals surface area contributed by atoms with Crippen molar-refractivity contribution in [3.8, 4) is 5.75 Å². The van der Waals surface area contributed by atoms with E-state index in [1.807, 2.05) is 6.07 Å². The lowest BCUT2D eigenvalue weighted by Crippen LogP contribution is -2.39. The molecule has 3 N–H and O–H groups in total. The summed E-state index contributed by atoms with van der Waals surface area (Å²) in [6, 6.07) is 21.4. The first-order valence-corrected chi connectivity index (χ1v) is 15.5. The van der Waals surface area contributed by atoms with E-state index < -0.39 is 22.5 Å². The van der Waals surface area contributed by atoms with Gasteiger partial charge in [-0.05, 0) is 72.5 Å². The van der Waals surface area contributed by atoms with Crippen molar-refractivity contribution in [3.63, 3.8) is 0 Å². The zero-order valence-electron chi connectivity index (χ0n) is 24.3. The molecule has 0 radical (unpaired) electrons. The van der Waals surface area contributed by atoms with Crippen LogP contribution in [-0.4, -0.2) is 69.1 Å². The van der Waals surface area contributed by atoms with E-state index in [0.29, 0.717) is 29.1 Å². The van der Waals surface area contributed by atoms with Crippen LogP contribution in [-0.2, 0) is 35.7 Å². The summed E-state index contributed by atoms with van der Waals surface area (Å²) >= 11 is 0. The lowest BCUT2D eigenvalue weighted by molar-refractivity contribution is -0.123. The molecule has 0 unspecified atom stereocenters. The van der Waals surface area contributed by atoms with Gasteiger partial charge in [0.25, 0.3) is 11.8 Å². The monoisotopic (exact) mass is 621 g/mol. The fourth-order valence-electron chi connectivity index (χ4n) is 4.33. The molecule has 1 saturated heterocycles. The average Bonchev–Trinajstić information content (AvgIpc) is 3.54. The Morgan fingerprint density at radius 1 is 1.00 bits per heavy atom. The van der Waals surface area contributed by atoms with Crippen LogP contribution in [0.3, 0.4) is 0 Å². The second-order valence-corrected chi connectivity index (χ2v) is 12.0. The molecule has 1 heterocycles. The van der Waals surface area contributed by atoms with Crippen LogP contribution in [0.1, 0.15) is 30.9 Å². The molecule has 232 valence electrons. The normalized spacial score (nSPS) is 14.8. The molecule has 0 aliphatic carbocycles. The quantitative estimate of drug-likeness (QED) is 0.185. The summed E-state index contributed by atoms with van der Waals surface area (Å²) in [6.45, 7) is 1.90. The van der Waals surface area contributed by atoms with Gasteiger partial charge in [-0.1, -0.05) is 30.3 Å². The first-order valence-electron chi connectivity index (χ1n) is 14.0. The Morgan fingerprint density at radius 2 is 1.73 bits per heavy atom. The van der Waals surface area contributed by atoms with Gasteiger partial charge in [0.15, 0.2) is 6.61 Å². The maximum absolute atomic E-state index is 13.5. The van der Waals surface area contributed by atoms with Gasteiger partial charge < -0.3 is 20.1 Å². The van der Waals surface area contributed by atoms with Gasteiger partial charge in [0.2, 0.25) is 15.9 Å². The summed E-state index contributed by atoms with van der Waals surface area (Å²) < 4.78 is 39.1. The van der Waals surface area contributed by atoms with Crippen LogP contribution in [0.25, 0.3) is 0 Å². The van der Waals surface area contributed by atoms with E-state index in [0.717, 1.165) is 23.8 Å². The molecule has 0 saturated carbocycles. The third-order valence-electron chi connectivity index (χ3n) is 6.54. The van der Waals surface area contributed by atoms with Crippen molar-refractivity contribution in [2.45, 2.75) is 37.3 Å². The Hall–Kier alpha value is -4.59. The summed E-state index contributed by atoms with van der Waals surface area (Å²) in [7, 11) is -4.08. The zero-order chi connectivity index (χ0) is 31.4. The molecular formula is C31H35N5O7S. The Labute approximate surface area is 256 Å². The number of hydrogen-bond acceptors (Lipinski definition) is 8. The van der Waals surface area contributed by atoms with E-state index in [1.165, 1.54) is 37.4 Å². The number of carbonyl (C=O) groups excluding carboxylic acids is 3. The van der Waals surface area contributed by atoms with Crippen LogP contribution in [0.4, 0.5) is 5.69 Å². The van der Waals surface area contributed by atoms with Gasteiger partial charge in [-0.3, -0.25) is 14.4 Å². The molecule has 44 heavy (non-hydrogen) atoms. The summed E-state index contributed by atoms with van der Waals surface area (Å²) in [5, 5.41) is 9.35. The number of amides is 3. The maximum Gasteiger partial charge on any atom is 0.258 e. The predicted octanol–water partition coefficient (Wildman–Crippen LogP) is 2.66. The highest BCUT2D eigenvalue weighted by atomic mass is 32.2. The number of anilines is 1. The first kappa shape index (κ1) is 32.3. The van der Waals surface area contributed by atoms with E-state index in [1.54, 1.807) is 48.5 Å². The first-order chi connectivity index (χ1) is 21.2. The van der Waals surface area contributed by atoms with Crippen molar-refractivity contribution in [3.05, 3.63) is 90.0 Å². The van der Waals surface area contributed by atoms with Crippen molar-refractivity contribution < 1.29 is 32.3 Å². The Bertz CT molecular complexity index is 1540. The van der Waals surface area contributed by atoms with E-state index in [2.05, 4.69) is 21.2 Å². The van der Waals surface area contributed by atoms with Crippen LogP contribution in [0.2, 0.25) is 0 Å².